The molecule has 0 aromatic heterocycles. The van der Waals surface area contributed by atoms with Crippen molar-refractivity contribution < 1.29 is 19.2 Å². The van der Waals surface area contributed by atoms with Crippen molar-refractivity contribution in [2.45, 2.75) is 38.8 Å². The highest BCUT2D eigenvalue weighted by molar-refractivity contribution is 5.91. The Bertz CT molecular complexity index is 579. The summed E-state index contributed by atoms with van der Waals surface area (Å²) in [5.41, 5.74) is 0.168. The van der Waals surface area contributed by atoms with Crippen LogP contribution in [0, 0.1) is 23.2 Å². The highest BCUT2D eigenvalue weighted by Crippen LogP contribution is 2.62. The third-order valence-electron chi connectivity index (χ3n) is 6.22. The highest BCUT2D eigenvalue weighted by Gasteiger charge is 2.65. The van der Waals surface area contributed by atoms with Gasteiger partial charge >= 0.3 is 0 Å². The summed E-state index contributed by atoms with van der Waals surface area (Å²) in [6, 6.07) is -1.05. The number of rotatable bonds is 6. The van der Waals surface area contributed by atoms with Crippen LogP contribution in [0.4, 0.5) is 0 Å². The van der Waals surface area contributed by atoms with E-state index in [4.69, 9.17) is 4.84 Å². The molecule has 8 nitrogen and oxygen atoms in total. The Morgan fingerprint density at radius 3 is 2.68 bits per heavy atom. The van der Waals surface area contributed by atoms with E-state index in [9.17, 15) is 14.4 Å². The van der Waals surface area contributed by atoms with Crippen molar-refractivity contribution in [3.05, 3.63) is 0 Å². The molecule has 0 aromatic rings. The third-order valence-corrected chi connectivity index (χ3v) is 6.22. The van der Waals surface area contributed by atoms with Crippen LogP contribution in [0.2, 0.25) is 0 Å². The normalized spacial score (nSPS) is 33.4. The summed E-state index contributed by atoms with van der Waals surface area (Å²) in [6.45, 7) is 5.79. The van der Waals surface area contributed by atoms with E-state index in [2.05, 4.69) is 29.8 Å². The van der Waals surface area contributed by atoms with Gasteiger partial charge in [0.2, 0.25) is 11.8 Å². The van der Waals surface area contributed by atoms with E-state index in [1.807, 2.05) is 0 Å². The van der Waals surface area contributed by atoms with Crippen molar-refractivity contribution >= 4 is 17.7 Å². The fourth-order valence-electron chi connectivity index (χ4n) is 4.42. The molecule has 140 valence electrons. The Labute approximate surface area is 148 Å². The minimum absolute atomic E-state index is 0.0606. The zero-order chi connectivity index (χ0) is 18.4. The van der Waals surface area contributed by atoms with Crippen LogP contribution in [0.15, 0.2) is 0 Å². The van der Waals surface area contributed by atoms with Crippen LogP contribution in [-0.4, -0.2) is 62.1 Å². The maximum atomic E-state index is 12.8. The molecule has 0 spiro atoms. The smallest absolute Gasteiger partial charge is 0.268 e. The molecule has 3 amide bonds. The number of piperidine rings is 1. The van der Waals surface area contributed by atoms with Gasteiger partial charge < -0.3 is 16.0 Å². The van der Waals surface area contributed by atoms with E-state index in [-0.39, 0.29) is 41.5 Å². The van der Waals surface area contributed by atoms with E-state index in [1.165, 1.54) is 14.2 Å². The van der Waals surface area contributed by atoms with Gasteiger partial charge in [-0.2, -0.15) is 0 Å². The number of hydrogen-bond acceptors (Lipinski definition) is 5. The van der Waals surface area contributed by atoms with E-state index >= 15 is 0 Å². The molecule has 0 aromatic carbocycles. The number of fused-ring (bicyclic) bond motifs is 1. The number of likely N-dealkylation sites (N-methyl/N-ethyl adjacent to an activating group) is 1. The van der Waals surface area contributed by atoms with Crippen LogP contribution in [-0.2, 0) is 19.2 Å². The van der Waals surface area contributed by atoms with Gasteiger partial charge in [-0.15, -0.1) is 0 Å². The lowest BCUT2D eigenvalue weighted by Gasteiger charge is -2.26. The first kappa shape index (κ1) is 18.1. The van der Waals surface area contributed by atoms with E-state index in [0.717, 1.165) is 11.6 Å². The third kappa shape index (κ3) is 3.25. The van der Waals surface area contributed by atoms with Crippen molar-refractivity contribution in [3.8, 4) is 0 Å². The fraction of sp³-hybridized carbons (Fsp3) is 0.824. The molecule has 8 heteroatoms. The van der Waals surface area contributed by atoms with Gasteiger partial charge in [0.15, 0.2) is 0 Å². The molecule has 3 aliphatic rings. The molecule has 3 N–H and O–H groups in total. The lowest BCUT2D eigenvalue weighted by atomic mass is 9.96. The van der Waals surface area contributed by atoms with E-state index in [0.29, 0.717) is 24.8 Å². The highest BCUT2D eigenvalue weighted by atomic mass is 16.7. The second-order valence-electron chi connectivity index (χ2n) is 7.93. The molecule has 2 aliphatic heterocycles. The van der Waals surface area contributed by atoms with Crippen LogP contribution in [0.5, 0.6) is 0 Å². The summed E-state index contributed by atoms with van der Waals surface area (Å²) in [5, 5.41) is 9.99. The summed E-state index contributed by atoms with van der Waals surface area (Å²) in [7, 11) is 2.90. The van der Waals surface area contributed by atoms with Gasteiger partial charge in [-0.3, -0.25) is 19.2 Å². The number of carbonyl (C=O) groups excluding carboxylic acids is 3. The van der Waals surface area contributed by atoms with Crippen LogP contribution >= 0.6 is 0 Å². The zero-order valence-electron chi connectivity index (χ0n) is 15.3. The molecular formula is C17H28N4O4. The Hall–Kier alpha value is -1.67. The van der Waals surface area contributed by atoms with Crippen LogP contribution < -0.4 is 16.0 Å². The molecule has 1 aliphatic carbocycles. The van der Waals surface area contributed by atoms with Crippen LogP contribution in [0.3, 0.4) is 0 Å². The lowest BCUT2D eigenvalue weighted by molar-refractivity contribution is -0.172. The Morgan fingerprint density at radius 2 is 2.16 bits per heavy atom. The van der Waals surface area contributed by atoms with E-state index < -0.39 is 6.04 Å². The van der Waals surface area contributed by atoms with Crippen molar-refractivity contribution in [1.82, 2.24) is 21.0 Å². The van der Waals surface area contributed by atoms with E-state index in [1.54, 1.807) is 0 Å². The number of nitrogens with zero attached hydrogens (tertiary/aromatic N) is 1. The van der Waals surface area contributed by atoms with Gasteiger partial charge in [-0.1, -0.05) is 13.8 Å². The quantitative estimate of drug-likeness (QED) is 0.547. The molecule has 25 heavy (non-hydrogen) atoms. The van der Waals surface area contributed by atoms with Crippen molar-refractivity contribution in [1.29, 1.82) is 0 Å². The first-order valence-corrected chi connectivity index (χ1v) is 8.90. The first-order valence-electron chi connectivity index (χ1n) is 8.90. The molecule has 0 radical (unpaired) electrons. The molecule has 2 heterocycles. The Morgan fingerprint density at radius 1 is 1.44 bits per heavy atom. The lowest BCUT2D eigenvalue weighted by Crippen LogP contribution is -2.53. The average molecular weight is 352 g/mol. The number of nitrogens with one attached hydrogen (secondary N) is 3. The number of amides is 3. The summed E-state index contributed by atoms with van der Waals surface area (Å²) >= 11 is 0. The summed E-state index contributed by atoms with van der Waals surface area (Å²) in [5.74, 6) is -0.0204. The summed E-state index contributed by atoms with van der Waals surface area (Å²) in [4.78, 5) is 42.2. The molecular weight excluding hydrogens is 324 g/mol. The van der Waals surface area contributed by atoms with Crippen LogP contribution in [0.25, 0.3) is 0 Å². The topological polar surface area (TPSA) is 99.8 Å². The van der Waals surface area contributed by atoms with Crippen molar-refractivity contribution in [2.24, 2.45) is 23.2 Å². The van der Waals surface area contributed by atoms with Crippen LogP contribution in [0.1, 0.15) is 26.7 Å². The molecule has 5 atom stereocenters. The zero-order valence-corrected chi connectivity index (χ0v) is 15.3. The summed E-state index contributed by atoms with van der Waals surface area (Å²) < 4.78 is 0. The molecule has 1 saturated carbocycles. The second kappa shape index (κ2) is 6.57. The average Bonchev–Trinajstić information content (AvgIpc) is 2.98. The Kier molecular flexibility index (Phi) is 4.76. The molecule has 3 rings (SSSR count). The van der Waals surface area contributed by atoms with Gasteiger partial charge in [0.1, 0.15) is 6.04 Å². The molecule has 0 unspecified atom stereocenters. The van der Waals surface area contributed by atoms with Crippen molar-refractivity contribution in [3.63, 3.8) is 0 Å². The monoisotopic (exact) mass is 352 g/mol. The van der Waals surface area contributed by atoms with Gasteiger partial charge in [0, 0.05) is 19.5 Å². The SMILES string of the molecule is CON(C)C(=O)[C@H](C[C@@H]1CCNC1=O)NC(=O)[C@H]1NC[C@H]2[C@@H]1C2(C)C. The predicted molar refractivity (Wildman–Crippen MR) is 90.0 cm³/mol. The molecule has 3 fully saturated rings. The largest absolute Gasteiger partial charge is 0.356 e. The summed E-state index contributed by atoms with van der Waals surface area (Å²) in [6.07, 6.45) is 0.961. The Balaban J connectivity index is 1.67. The molecule has 0 bridgehead atoms. The van der Waals surface area contributed by atoms with Gasteiger partial charge in [0.05, 0.1) is 13.2 Å². The predicted octanol–water partition coefficient (Wildman–Crippen LogP) is -0.739. The molecule has 2 saturated heterocycles. The van der Waals surface area contributed by atoms with Gasteiger partial charge in [-0.05, 0) is 36.6 Å². The van der Waals surface area contributed by atoms with Gasteiger partial charge in [-0.25, -0.2) is 5.06 Å². The number of carbonyl (C=O) groups is 3. The fourth-order valence-corrected chi connectivity index (χ4v) is 4.42. The standard InChI is InChI=1S/C17H28N4O4/c1-17(2)10-8-19-13(12(10)17)15(23)20-11(16(24)21(3)25-4)7-9-5-6-18-14(9)22/h9-13,19H,5-8H2,1-4H3,(H,18,22)(H,20,23)/t9-,10-,11-,12-,13-/m0/s1. The second-order valence-corrected chi connectivity index (χ2v) is 7.93. The number of hydrogen-bond donors (Lipinski definition) is 3. The maximum Gasteiger partial charge on any atom is 0.268 e. The number of hydroxylamine groups is 2. The first-order chi connectivity index (χ1) is 11.8. The van der Waals surface area contributed by atoms with Gasteiger partial charge in [0.25, 0.3) is 5.91 Å². The minimum Gasteiger partial charge on any atom is -0.356 e. The minimum atomic E-state index is -0.769. The van der Waals surface area contributed by atoms with Crippen molar-refractivity contribution in [2.75, 3.05) is 27.2 Å². The maximum absolute atomic E-state index is 12.8.